The van der Waals surface area contributed by atoms with E-state index in [1.165, 1.54) is 0 Å². The minimum Gasteiger partial charge on any atom is -0.394 e. The highest BCUT2D eigenvalue weighted by molar-refractivity contribution is 6.60. The fourth-order valence-corrected chi connectivity index (χ4v) is 5.22. The van der Waals surface area contributed by atoms with E-state index >= 15 is 0 Å². The molecule has 0 heterocycles. The van der Waals surface area contributed by atoms with Crippen LogP contribution in [0.25, 0.3) is 0 Å². The van der Waals surface area contributed by atoms with Crippen LogP contribution in [0.3, 0.4) is 0 Å². The van der Waals surface area contributed by atoms with Crippen LogP contribution in [-0.4, -0.2) is 111 Å². The van der Waals surface area contributed by atoms with Gasteiger partial charge in [0.2, 0.25) is 0 Å². The van der Waals surface area contributed by atoms with Gasteiger partial charge >= 0.3 is 8.80 Å². The Kier molecular flexibility index (Phi) is 15.7. The van der Waals surface area contributed by atoms with Crippen LogP contribution in [0.5, 0.6) is 0 Å². The summed E-state index contributed by atoms with van der Waals surface area (Å²) in [5.74, 6) is -0.890. The lowest BCUT2D eigenvalue weighted by Gasteiger charge is -2.28. The van der Waals surface area contributed by atoms with Gasteiger partial charge < -0.3 is 49.4 Å². The normalized spacial score (nSPS) is 16.3. The number of carbonyl (C=O) groups is 1. The van der Waals surface area contributed by atoms with Crippen molar-refractivity contribution < 1.29 is 43.6 Å². The second kappa shape index (κ2) is 16.1. The monoisotopic (exact) mass is 442 g/mol. The molecule has 12 heteroatoms. The van der Waals surface area contributed by atoms with Crippen LogP contribution in [0.1, 0.15) is 27.2 Å². The van der Waals surface area contributed by atoms with E-state index in [9.17, 15) is 25.2 Å². The third-order valence-corrected chi connectivity index (χ3v) is 7.21. The number of amides is 1. The van der Waals surface area contributed by atoms with E-state index in [1.807, 2.05) is 20.8 Å². The van der Waals surface area contributed by atoms with Crippen molar-refractivity contribution in [1.82, 2.24) is 10.6 Å². The highest BCUT2D eigenvalue weighted by atomic mass is 28.4. The van der Waals surface area contributed by atoms with Crippen molar-refractivity contribution in [3.8, 4) is 0 Å². The maximum Gasteiger partial charge on any atom is 0.500 e. The smallest absolute Gasteiger partial charge is 0.394 e. The lowest BCUT2D eigenvalue weighted by Crippen LogP contribution is -2.52. The maximum absolute atomic E-state index is 11.8. The molecule has 4 atom stereocenters. The Bertz CT molecular complexity index is 417. The van der Waals surface area contributed by atoms with Crippen LogP contribution in [0.15, 0.2) is 0 Å². The number of hydrogen-bond acceptors (Lipinski definition) is 10. The first-order valence-corrected chi connectivity index (χ1v) is 11.9. The Balaban J connectivity index is 4.15. The summed E-state index contributed by atoms with van der Waals surface area (Å²) in [6.45, 7) is 7.69. The van der Waals surface area contributed by atoms with E-state index in [2.05, 4.69) is 10.6 Å². The average molecular weight is 443 g/mol. The molecule has 1 amide bonds. The molecule has 0 aromatic heterocycles. The molecule has 0 fully saturated rings. The van der Waals surface area contributed by atoms with E-state index < -0.39 is 45.7 Å². The zero-order chi connectivity index (χ0) is 22.3. The van der Waals surface area contributed by atoms with Crippen molar-refractivity contribution in [3.63, 3.8) is 0 Å². The molecule has 0 aliphatic carbocycles. The van der Waals surface area contributed by atoms with Gasteiger partial charge in [-0.05, 0) is 33.7 Å². The van der Waals surface area contributed by atoms with E-state index in [0.29, 0.717) is 39.0 Å². The largest absolute Gasteiger partial charge is 0.500 e. The van der Waals surface area contributed by atoms with Gasteiger partial charge in [-0.3, -0.25) is 4.79 Å². The summed E-state index contributed by atoms with van der Waals surface area (Å²) >= 11 is 0. The van der Waals surface area contributed by atoms with Crippen molar-refractivity contribution in [2.24, 2.45) is 0 Å². The van der Waals surface area contributed by atoms with Crippen molar-refractivity contribution in [3.05, 3.63) is 0 Å². The maximum atomic E-state index is 11.8. The Morgan fingerprint density at radius 2 is 1.45 bits per heavy atom. The first-order valence-electron chi connectivity index (χ1n) is 10.0. The summed E-state index contributed by atoms with van der Waals surface area (Å²) in [5.41, 5.74) is 0. The highest BCUT2D eigenvalue weighted by Gasteiger charge is 2.39. The molecular weight excluding hydrogens is 404 g/mol. The molecule has 0 spiro atoms. The quantitative estimate of drug-likeness (QED) is 0.0894. The molecular formula is C17H38N2O9Si. The first-order chi connectivity index (χ1) is 13.8. The summed E-state index contributed by atoms with van der Waals surface area (Å²) in [6.07, 6.45) is -6.59. The van der Waals surface area contributed by atoms with Gasteiger partial charge in [0.15, 0.2) is 6.10 Å². The van der Waals surface area contributed by atoms with Gasteiger partial charge in [-0.15, -0.1) is 0 Å². The lowest BCUT2D eigenvalue weighted by molar-refractivity contribution is -0.148. The summed E-state index contributed by atoms with van der Waals surface area (Å²) in [6, 6.07) is 0.665. The second-order valence-electron chi connectivity index (χ2n) is 6.30. The van der Waals surface area contributed by atoms with Gasteiger partial charge in [0.25, 0.3) is 5.91 Å². The van der Waals surface area contributed by atoms with Crippen LogP contribution in [-0.2, 0) is 18.1 Å². The molecule has 0 aromatic carbocycles. The Hall–Kier alpha value is -0.673. The summed E-state index contributed by atoms with van der Waals surface area (Å²) < 4.78 is 17.3. The van der Waals surface area contributed by atoms with Crippen molar-refractivity contribution in [2.45, 2.75) is 57.7 Å². The van der Waals surface area contributed by atoms with E-state index in [0.717, 1.165) is 6.42 Å². The first kappa shape index (κ1) is 28.3. The molecule has 4 unspecified atom stereocenters. The Labute approximate surface area is 173 Å². The molecule has 0 aromatic rings. The lowest BCUT2D eigenvalue weighted by atomic mass is 10.0. The van der Waals surface area contributed by atoms with Crippen molar-refractivity contribution >= 4 is 14.7 Å². The third-order valence-electron chi connectivity index (χ3n) is 4.05. The number of rotatable bonds is 18. The molecule has 0 rings (SSSR count). The second-order valence-corrected chi connectivity index (χ2v) is 9.03. The van der Waals surface area contributed by atoms with Gasteiger partial charge in [-0.2, -0.15) is 0 Å². The van der Waals surface area contributed by atoms with Crippen molar-refractivity contribution in [1.29, 1.82) is 0 Å². The van der Waals surface area contributed by atoms with E-state index in [1.54, 1.807) is 0 Å². The SMILES string of the molecule is CCO[Si](CCCNCCNC(=O)C(O)C(O)C(O)C(O)CO)(OCC)OCC. The number of carbonyl (C=O) groups excluding carboxylic acids is 1. The van der Waals surface area contributed by atoms with Gasteiger partial charge in [-0.25, -0.2) is 0 Å². The zero-order valence-corrected chi connectivity index (χ0v) is 18.5. The summed E-state index contributed by atoms with van der Waals surface area (Å²) in [7, 11) is -2.67. The van der Waals surface area contributed by atoms with Crippen LogP contribution in [0.4, 0.5) is 0 Å². The third kappa shape index (κ3) is 10.8. The molecule has 29 heavy (non-hydrogen) atoms. The fraction of sp³-hybridized carbons (Fsp3) is 0.941. The summed E-state index contributed by atoms with van der Waals surface area (Å²) in [4.78, 5) is 11.8. The minimum atomic E-state index is -2.67. The number of nitrogens with one attached hydrogen (secondary N) is 2. The van der Waals surface area contributed by atoms with Gasteiger partial charge in [0, 0.05) is 39.0 Å². The van der Waals surface area contributed by atoms with Crippen LogP contribution in [0, 0.1) is 0 Å². The molecule has 0 aliphatic rings. The van der Waals surface area contributed by atoms with E-state index in [-0.39, 0.29) is 6.54 Å². The van der Waals surface area contributed by atoms with Gasteiger partial charge in [-0.1, -0.05) is 0 Å². The van der Waals surface area contributed by atoms with Crippen LogP contribution >= 0.6 is 0 Å². The highest BCUT2D eigenvalue weighted by Crippen LogP contribution is 2.17. The Morgan fingerprint density at radius 3 is 1.93 bits per heavy atom. The molecule has 0 saturated heterocycles. The molecule has 0 radical (unpaired) electrons. The van der Waals surface area contributed by atoms with Crippen LogP contribution < -0.4 is 10.6 Å². The molecule has 0 aliphatic heterocycles. The molecule has 174 valence electrons. The Morgan fingerprint density at radius 1 is 0.897 bits per heavy atom. The topological polar surface area (TPSA) is 170 Å². The predicted octanol–water partition coefficient (Wildman–Crippen LogP) is -2.43. The summed E-state index contributed by atoms with van der Waals surface area (Å²) in [5, 5.41) is 52.4. The fourth-order valence-electron chi connectivity index (χ4n) is 2.61. The van der Waals surface area contributed by atoms with Gasteiger partial charge in [0.1, 0.15) is 18.3 Å². The minimum absolute atomic E-state index is 0.187. The van der Waals surface area contributed by atoms with E-state index in [4.69, 9.17) is 18.4 Å². The molecule has 7 N–H and O–H groups in total. The number of hydrogen-bond donors (Lipinski definition) is 7. The molecule has 0 saturated carbocycles. The van der Waals surface area contributed by atoms with Crippen LogP contribution in [0.2, 0.25) is 6.04 Å². The molecule has 11 nitrogen and oxygen atoms in total. The average Bonchev–Trinajstić information content (AvgIpc) is 2.71. The molecule has 0 bridgehead atoms. The number of aliphatic hydroxyl groups is 5. The standard InChI is InChI=1S/C17H38N2O9Si/c1-4-26-29(27-5-2,28-6-3)11-7-8-18-9-10-19-17(25)16(24)15(23)14(22)13(21)12-20/h13-16,18,20-24H,4-12H2,1-3H3,(H,19,25). The predicted molar refractivity (Wildman–Crippen MR) is 107 cm³/mol. The van der Waals surface area contributed by atoms with Gasteiger partial charge in [0.05, 0.1) is 6.61 Å². The zero-order valence-electron chi connectivity index (χ0n) is 17.5. The van der Waals surface area contributed by atoms with Crippen molar-refractivity contribution in [2.75, 3.05) is 46.1 Å². The number of aliphatic hydroxyl groups excluding tert-OH is 5.